The molecule has 0 atom stereocenters. The fraction of sp³-hybridized carbons (Fsp3) is 0.318. The van der Waals surface area contributed by atoms with E-state index in [-0.39, 0.29) is 12.3 Å². The number of amides is 1. The third-order valence-corrected chi connectivity index (χ3v) is 5.30. The van der Waals surface area contributed by atoms with Crippen LogP contribution in [0.5, 0.6) is 0 Å². The van der Waals surface area contributed by atoms with Crippen molar-refractivity contribution in [3.63, 3.8) is 0 Å². The zero-order valence-electron chi connectivity index (χ0n) is 16.1. The molecule has 0 aliphatic carbocycles. The smallest absolute Gasteiger partial charge is 0.234 e. The van der Waals surface area contributed by atoms with Gasteiger partial charge >= 0.3 is 0 Å². The Morgan fingerprint density at radius 3 is 2.67 bits per heavy atom. The summed E-state index contributed by atoms with van der Waals surface area (Å²) in [6, 6.07) is 14.3. The maximum atomic E-state index is 13.1. The lowest BCUT2D eigenvalue weighted by Crippen LogP contribution is -2.37. The molecule has 5 heteroatoms. The number of hydrogen-bond acceptors (Lipinski definition) is 3. The van der Waals surface area contributed by atoms with Crippen molar-refractivity contribution in [3.05, 3.63) is 65.0 Å². The number of aromatic nitrogens is 3. The molecule has 0 radical (unpaired) electrons. The van der Waals surface area contributed by atoms with Crippen molar-refractivity contribution < 1.29 is 4.79 Å². The predicted molar refractivity (Wildman–Crippen MR) is 107 cm³/mol. The molecule has 0 N–H and O–H groups in total. The van der Waals surface area contributed by atoms with Crippen molar-refractivity contribution in [2.75, 3.05) is 11.4 Å². The van der Waals surface area contributed by atoms with Crippen molar-refractivity contribution in [3.8, 4) is 11.4 Å². The lowest BCUT2D eigenvalue weighted by molar-refractivity contribution is -0.118. The molecule has 3 aromatic rings. The summed E-state index contributed by atoms with van der Waals surface area (Å²) in [7, 11) is 1.92. The Morgan fingerprint density at radius 1 is 1.11 bits per heavy atom. The van der Waals surface area contributed by atoms with E-state index >= 15 is 0 Å². The predicted octanol–water partition coefficient (Wildman–Crippen LogP) is 3.62. The highest BCUT2D eigenvalue weighted by Gasteiger charge is 2.25. The van der Waals surface area contributed by atoms with Gasteiger partial charge in [-0.2, -0.15) is 0 Å². The summed E-state index contributed by atoms with van der Waals surface area (Å²) in [4.78, 5) is 15.0. The van der Waals surface area contributed by atoms with E-state index in [1.165, 1.54) is 16.7 Å². The molecule has 27 heavy (non-hydrogen) atoms. The summed E-state index contributed by atoms with van der Waals surface area (Å²) in [5.74, 6) is 1.55. The standard InChI is InChI=1S/C22H24N4O/c1-15-12-16(2)18-10-7-11-26(19(18)13-15)21(27)14-20-23-24-22(25(20)3)17-8-5-4-6-9-17/h4-6,8-9,12-13H,7,10-11,14H2,1-3H3. The van der Waals surface area contributed by atoms with Crippen LogP contribution in [0.25, 0.3) is 11.4 Å². The highest BCUT2D eigenvalue weighted by molar-refractivity contribution is 5.96. The van der Waals surface area contributed by atoms with Gasteiger partial charge in [0, 0.05) is 24.8 Å². The molecule has 0 unspecified atom stereocenters. The first-order valence-electron chi connectivity index (χ1n) is 9.39. The number of benzene rings is 2. The van der Waals surface area contributed by atoms with Gasteiger partial charge in [0.2, 0.25) is 5.91 Å². The van der Waals surface area contributed by atoms with Gasteiger partial charge in [-0.1, -0.05) is 36.4 Å². The van der Waals surface area contributed by atoms with Crippen LogP contribution in [0.4, 0.5) is 5.69 Å². The normalized spacial score (nSPS) is 13.5. The van der Waals surface area contributed by atoms with Crippen LogP contribution in [-0.2, 0) is 24.7 Å². The van der Waals surface area contributed by atoms with Crippen LogP contribution < -0.4 is 4.90 Å². The highest BCUT2D eigenvalue weighted by Crippen LogP contribution is 2.31. The minimum atomic E-state index is 0.0797. The molecule has 0 saturated heterocycles. The first-order chi connectivity index (χ1) is 13.0. The number of aryl methyl sites for hydroxylation is 2. The summed E-state index contributed by atoms with van der Waals surface area (Å²) in [6.07, 6.45) is 2.28. The molecule has 2 aromatic carbocycles. The van der Waals surface area contributed by atoms with Crippen molar-refractivity contribution in [2.24, 2.45) is 7.05 Å². The molecule has 1 amide bonds. The largest absolute Gasteiger partial charge is 0.314 e. The fourth-order valence-electron chi connectivity index (χ4n) is 3.92. The van der Waals surface area contributed by atoms with Crippen LogP contribution >= 0.6 is 0 Å². The molecule has 1 aliphatic rings. The topological polar surface area (TPSA) is 51.0 Å². The minimum Gasteiger partial charge on any atom is -0.314 e. The van der Waals surface area contributed by atoms with E-state index in [0.717, 1.165) is 36.5 Å². The van der Waals surface area contributed by atoms with Gasteiger partial charge in [0.15, 0.2) is 5.82 Å². The van der Waals surface area contributed by atoms with E-state index in [2.05, 4.69) is 36.2 Å². The lowest BCUT2D eigenvalue weighted by atomic mass is 9.95. The third-order valence-electron chi connectivity index (χ3n) is 5.30. The van der Waals surface area contributed by atoms with Crippen LogP contribution in [0, 0.1) is 13.8 Å². The quantitative estimate of drug-likeness (QED) is 0.717. The summed E-state index contributed by atoms with van der Waals surface area (Å²) in [5.41, 5.74) is 5.82. The summed E-state index contributed by atoms with van der Waals surface area (Å²) in [5, 5.41) is 8.58. The summed E-state index contributed by atoms with van der Waals surface area (Å²) < 4.78 is 1.92. The first-order valence-corrected chi connectivity index (χ1v) is 9.39. The van der Waals surface area contributed by atoms with E-state index in [0.29, 0.717) is 5.82 Å². The number of anilines is 1. The zero-order chi connectivity index (χ0) is 19.0. The molecule has 138 valence electrons. The van der Waals surface area contributed by atoms with Gasteiger partial charge in [-0.15, -0.1) is 10.2 Å². The maximum Gasteiger partial charge on any atom is 0.234 e. The molecular formula is C22H24N4O. The van der Waals surface area contributed by atoms with Crippen LogP contribution in [-0.4, -0.2) is 27.2 Å². The van der Waals surface area contributed by atoms with Crippen molar-refractivity contribution in [1.82, 2.24) is 14.8 Å². The average molecular weight is 360 g/mol. The van der Waals surface area contributed by atoms with Crippen molar-refractivity contribution in [1.29, 1.82) is 0 Å². The molecule has 0 spiro atoms. The highest BCUT2D eigenvalue weighted by atomic mass is 16.2. The zero-order valence-corrected chi connectivity index (χ0v) is 16.1. The van der Waals surface area contributed by atoms with E-state index in [1.54, 1.807) is 0 Å². The van der Waals surface area contributed by atoms with Crippen LogP contribution in [0.15, 0.2) is 42.5 Å². The molecule has 0 bridgehead atoms. The maximum absolute atomic E-state index is 13.1. The second-order valence-corrected chi connectivity index (χ2v) is 7.27. The SMILES string of the molecule is Cc1cc(C)c2c(c1)N(C(=O)Cc1nnc(-c3ccccc3)n1C)CCC2. The Bertz CT molecular complexity index is 991. The van der Waals surface area contributed by atoms with Gasteiger partial charge < -0.3 is 9.47 Å². The Labute approximate surface area is 159 Å². The van der Waals surface area contributed by atoms with Crippen LogP contribution in [0.3, 0.4) is 0 Å². The Hall–Kier alpha value is -2.95. The molecule has 0 saturated carbocycles. The fourth-order valence-corrected chi connectivity index (χ4v) is 3.92. The van der Waals surface area contributed by atoms with Gasteiger partial charge in [-0.05, 0) is 49.4 Å². The summed E-state index contributed by atoms with van der Waals surface area (Å²) >= 11 is 0. The molecule has 0 fully saturated rings. The van der Waals surface area contributed by atoms with E-state index in [9.17, 15) is 4.79 Å². The van der Waals surface area contributed by atoms with Crippen molar-refractivity contribution >= 4 is 11.6 Å². The van der Waals surface area contributed by atoms with Gasteiger partial charge in [0.1, 0.15) is 5.82 Å². The number of carbonyl (C=O) groups is 1. The van der Waals surface area contributed by atoms with E-state index in [1.807, 2.05) is 46.8 Å². The third kappa shape index (κ3) is 3.25. The molecular weight excluding hydrogens is 336 g/mol. The van der Waals surface area contributed by atoms with Gasteiger partial charge in [0.05, 0.1) is 6.42 Å². The Morgan fingerprint density at radius 2 is 1.89 bits per heavy atom. The average Bonchev–Trinajstić information content (AvgIpc) is 3.02. The van der Waals surface area contributed by atoms with E-state index in [4.69, 9.17) is 0 Å². The molecule has 1 aliphatic heterocycles. The number of hydrogen-bond donors (Lipinski definition) is 0. The molecule has 1 aromatic heterocycles. The summed E-state index contributed by atoms with van der Waals surface area (Å²) in [6.45, 7) is 4.98. The van der Waals surface area contributed by atoms with Gasteiger partial charge in [-0.3, -0.25) is 4.79 Å². The number of rotatable bonds is 3. The second kappa shape index (κ2) is 6.99. The second-order valence-electron chi connectivity index (χ2n) is 7.27. The monoisotopic (exact) mass is 360 g/mol. The molecule has 5 nitrogen and oxygen atoms in total. The number of fused-ring (bicyclic) bond motifs is 1. The molecule has 2 heterocycles. The first kappa shape index (κ1) is 17.5. The van der Waals surface area contributed by atoms with Crippen LogP contribution in [0.1, 0.15) is 28.9 Å². The number of nitrogens with zero attached hydrogens (tertiary/aromatic N) is 4. The van der Waals surface area contributed by atoms with E-state index < -0.39 is 0 Å². The Kier molecular flexibility index (Phi) is 4.52. The van der Waals surface area contributed by atoms with Crippen molar-refractivity contribution in [2.45, 2.75) is 33.1 Å². The van der Waals surface area contributed by atoms with Crippen LogP contribution in [0.2, 0.25) is 0 Å². The number of carbonyl (C=O) groups excluding carboxylic acids is 1. The Balaban J connectivity index is 1.61. The van der Waals surface area contributed by atoms with Gasteiger partial charge in [-0.25, -0.2) is 0 Å². The minimum absolute atomic E-state index is 0.0797. The molecule has 4 rings (SSSR count). The van der Waals surface area contributed by atoms with Gasteiger partial charge in [0.25, 0.3) is 0 Å². The lowest BCUT2D eigenvalue weighted by Gasteiger charge is -2.31.